The van der Waals surface area contributed by atoms with Gasteiger partial charge in [0.25, 0.3) is 0 Å². The maximum atomic E-state index is 12.6. The van der Waals surface area contributed by atoms with Crippen molar-refractivity contribution in [1.82, 2.24) is 4.90 Å². The normalized spacial score (nSPS) is 21.3. The van der Waals surface area contributed by atoms with Gasteiger partial charge in [0.15, 0.2) is 0 Å². The number of carbonyl (C=O) groups excluding carboxylic acids is 1. The van der Waals surface area contributed by atoms with E-state index in [4.69, 9.17) is 5.11 Å². The first kappa shape index (κ1) is 15.3. The van der Waals surface area contributed by atoms with Crippen molar-refractivity contribution in [1.29, 1.82) is 0 Å². The van der Waals surface area contributed by atoms with Gasteiger partial charge < -0.3 is 15.1 Å². The standard InChI is InChI=1S/C15H20N2O4/c1-15(21)8-10-16(11-15)14(20)17(9-7-13(18)19)12-5-3-2-4-6-12/h2-6,21H,7-11H2,1H3,(H,18,19). The maximum absolute atomic E-state index is 12.6. The van der Waals surface area contributed by atoms with Crippen molar-refractivity contribution >= 4 is 17.7 Å². The van der Waals surface area contributed by atoms with Crippen LogP contribution in [0.1, 0.15) is 19.8 Å². The zero-order chi connectivity index (χ0) is 15.5. The molecule has 6 nitrogen and oxygen atoms in total. The van der Waals surface area contributed by atoms with Gasteiger partial charge in [0.05, 0.1) is 18.6 Å². The van der Waals surface area contributed by atoms with Gasteiger partial charge in [-0.1, -0.05) is 18.2 Å². The fourth-order valence-electron chi connectivity index (χ4n) is 2.43. The number of hydrogen-bond acceptors (Lipinski definition) is 3. The summed E-state index contributed by atoms with van der Waals surface area (Å²) in [6, 6.07) is 8.72. The third kappa shape index (κ3) is 3.95. The minimum Gasteiger partial charge on any atom is -0.481 e. The van der Waals surface area contributed by atoms with E-state index in [1.807, 2.05) is 6.07 Å². The highest BCUT2D eigenvalue weighted by Crippen LogP contribution is 2.23. The Balaban J connectivity index is 2.15. The predicted octanol–water partition coefficient (Wildman–Crippen LogP) is 1.54. The molecule has 6 heteroatoms. The number of carboxylic acid groups (broad SMARTS) is 1. The topological polar surface area (TPSA) is 81.1 Å². The van der Waals surface area contributed by atoms with E-state index in [1.165, 1.54) is 4.90 Å². The lowest BCUT2D eigenvalue weighted by Crippen LogP contribution is -2.44. The minimum atomic E-state index is -0.947. The SMILES string of the molecule is CC1(O)CCN(C(=O)N(CCC(=O)O)c2ccccc2)C1. The first-order valence-electron chi connectivity index (χ1n) is 6.95. The molecule has 114 valence electrons. The van der Waals surface area contributed by atoms with Gasteiger partial charge in [-0.15, -0.1) is 0 Å². The van der Waals surface area contributed by atoms with Crippen LogP contribution < -0.4 is 4.90 Å². The molecular weight excluding hydrogens is 272 g/mol. The number of carbonyl (C=O) groups is 2. The van der Waals surface area contributed by atoms with Crippen molar-refractivity contribution in [2.24, 2.45) is 0 Å². The number of amides is 2. The lowest BCUT2D eigenvalue weighted by Gasteiger charge is -2.28. The summed E-state index contributed by atoms with van der Waals surface area (Å²) in [6.07, 6.45) is 0.408. The third-order valence-corrected chi connectivity index (χ3v) is 3.57. The molecule has 0 aliphatic carbocycles. The van der Waals surface area contributed by atoms with Crippen molar-refractivity contribution in [3.8, 4) is 0 Å². The van der Waals surface area contributed by atoms with Gasteiger partial charge in [-0.2, -0.15) is 0 Å². The summed E-state index contributed by atoms with van der Waals surface area (Å²) in [5, 5.41) is 18.8. The number of para-hydroxylation sites is 1. The molecule has 1 aromatic rings. The Morgan fingerprint density at radius 1 is 1.33 bits per heavy atom. The van der Waals surface area contributed by atoms with E-state index in [0.29, 0.717) is 18.7 Å². The first-order valence-corrected chi connectivity index (χ1v) is 6.95. The van der Waals surface area contributed by atoms with Crippen LogP contribution in [-0.2, 0) is 4.79 Å². The number of hydrogen-bond donors (Lipinski definition) is 2. The molecule has 2 N–H and O–H groups in total. The summed E-state index contributed by atoms with van der Waals surface area (Å²) in [7, 11) is 0. The second-order valence-corrected chi connectivity index (χ2v) is 5.58. The fraction of sp³-hybridized carbons (Fsp3) is 0.467. The lowest BCUT2D eigenvalue weighted by molar-refractivity contribution is -0.136. The monoisotopic (exact) mass is 292 g/mol. The second-order valence-electron chi connectivity index (χ2n) is 5.58. The Morgan fingerprint density at radius 3 is 2.52 bits per heavy atom. The number of rotatable bonds is 4. The fourth-order valence-corrected chi connectivity index (χ4v) is 2.43. The number of β-amino-alcohol motifs (C(OH)–C–C–N with tert-alkyl or cyclic N) is 1. The van der Waals surface area contributed by atoms with Gasteiger partial charge in [0, 0.05) is 18.8 Å². The molecule has 2 amide bonds. The zero-order valence-corrected chi connectivity index (χ0v) is 12.0. The average Bonchev–Trinajstić information content (AvgIpc) is 2.80. The van der Waals surface area contributed by atoms with Crippen LogP contribution in [0.2, 0.25) is 0 Å². The summed E-state index contributed by atoms with van der Waals surface area (Å²) in [4.78, 5) is 26.4. The molecule has 2 rings (SSSR count). The first-order chi connectivity index (χ1) is 9.89. The molecule has 1 aliphatic heterocycles. The van der Waals surface area contributed by atoms with Crippen LogP contribution in [0.3, 0.4) is 0 Å². The number of aliphatic carboxylic acids is 1. The van der Waals surface area contributed by atoms with Crippen molar-refractivity contribution in [3.63, 3.8) is 0 Å². The molecule has 1 heterocycles. The van der Waals surface area contributed by atoms with Crippen molar-refractivity contribution in [3.05, 3.63) is 30.3 Å². The van der Waals surface area contributed by atoms with E-state index in [2.05, 4.69) is 0 Å². The number of anilines is 1. The van der Waals surface area contributed by atoms with Crippen LogP contribution in [0, 0.1) is 0 Å². The van der Waals surface area contributed by atoms with Gasteiger partial charge in [0.2, 0.25) is 0 Å². The van der Waals surface area contributed by atoms with Crippen LogP contribution in [0.15, 0.2) is 30.3 Å². The Bertz CT molecular complexity index is 516. The van der Waals surface area contributed by atoms with E-state index in [0.717, 1.165) is 0 Å². The number of carboxylic acids is 1. The smallest absolute Gasteiger partial charge is 0.324 e. The van der Waals surface area contributed by atoms with Crippen molar-refractivity contribution in [2.45, 2.75) is 25.4 Å². The van der Waals surface area contributed by atoms with Crippen molar-refractivity contribution < 1.29 is 19.8 Å². The van der Waals surface area contributed by atoms with E-state index in [9.17, 15) is 14.7 Å². The van der Waals surface area contributed by atoms with E-state index in [1.54, 1.807) is 36.1 Å². The summed E-state index contributed by atoms with van der Waals surface area (Å²) < 4.78 is 0. The van der Waals surface area contributed by atoms with Crippen molar-refractivity contribution in [2.75, 3.05) is 24.5 Å². The van der Waals surface area contributed by atoms with Gasteiger partial charge in [-0.25, -0.2) is 4.79 Å². The number of nitrogens with zero attached hydrogens (tertiary/aromatic N) is 2. The largest absolute Gasteiger partial charge is 0.481 e. The Morgan fingerprint density at radius 2 is 2.00 bits per heavy atom. The highest BCUT2D eigenvalue weighted by Gasteiger charge is 2.36. The lowest BCUT2D eigenvalue weighted by atomic mass is 10.1. The molecule has 0 aromatic heterocycles. The molecule has 1 aromatic carbocycles. The van der Waals surface area contributed by atoms with Gasteiger partial charge in [0.1, 0.15) is 0 Å². The van der Waals surface area contributed by atoms with E-state index < -0.39 is 11.6 Å². The molecule has 0 radical (unpaired) electrons. The molecule has 1 fully saturated rings. The molecule has 1 atom stereocenters. The Labute approximate surface area is 123 Å². The van der Waals surface area contributed by atoms with Gasteiger partial charge >= 0.3 is 12.0 Å². The van der Waals surface area contributed by atoms with Gasteiger partial charge in [-0.05, 0) is 25.5 Å². The van der Waals surface area contributed by atoms with Crippen LogP contribution >= 0.6 is 0 Å². The van der Waals surface area contributed by atoms with Crippen LogP contribution in [0.25, 0.3) is 0 Å². The highest BCUT2D eigenvalue weighted by molar-refractivity contribution is 5.92. The summed E-state index contributed by atoms with van der Waals surface area (Å²) >= 11 is 0. The number of urea groups is 1. The van der Waals surface area contributed by atoms with Crippen LogP contribution in [-0.4, -0.2) is 52.3 Å². The van der Waals surface area contributed by atoms with E-state index in [-0.39, 0.29) is 25.5 Å². The molecule has 0 bridgehead atoms. The summed E-state index contributed by atoms with van der Waals surface area (Å²) in [5.74, 6) is -0.947. The molecule has 1 aliphatic rings. The molecule has 1 unspecified atom stereocenters. The quantitative estimate of drug-likeness (QED) is 0.882. The summed E-state index contributed by atoms with van der Waals surface area (Å²) in [5.41, 5.74) is -0.208. The Kier molecular flexibility index (Phi) is 4.47. The second kappa shape index (κ2) is 6.13. The molecule has 1 saturated heterocycles. The number of benzene rings is 1. The molecule has 21 heavy (non-hydrogen) atoms. The highest BCUT2D eigenvalue weighted by atomic mass is 16.4. The third-order valence-electron chi connectivity index (χ3n) is 3.57. The zero-order valence-electron chi connectivity index (χ0n) is 12.0. The average molecular weight is 292 g/mol. The molecule has 0 spiro atoms. The number of aliphatic hydroxyl groups is 1. The summed E-state index contributed by atoms with van der Waals surface area (Å²) in [6.45, 7) is 2.55. The minimum absolute atomic E-state index is 0.108. The van der Waals surface area contributed by atoms with E-state index >= 15 is 0 Å². The van der Waals surface area contributed by atoms with Crippen LogP contribution in [0.4, 0.5) is 10.5 Å². The number of likely N-dealkylation sites (tertiary alicyclic amines) is 1. The maximum Gasteiger partial charge on any atom is 0.324 e. The van der Waals surface area contributed by atoms with Gasteiger partial charge in [-0.3, -0.25) is 9.69 Å². The Hall–Kier alpha value is -2.08. The molecular formula is C15H20N2O4. The van der Waals surface area contributed by atoms with Crippen LogP contribution in [0.5, 0.6) is 0 Å². The predicted molar refractivity (Wildman–Crippen MR) is 78.3 cm³/mol. The molecule has 0 saturated carbocycles.